The summed E-state index contributed by atoms with van der Waals surface area (Å²) >= 11 is 0. The van der Waals surface area contributed by atoms with Crippen LogP contribution in [0.15, 0.2) is 35.5 Å². The van der Waals surface area contributed by atoms with Gasteiger partial charge < -0.3 is 15.2 Å². The second-order valence-electron chi connectivity index (χ2n) is 4.70. The van der Waals surface area contributed by atoms with E-state index in [9.17, 15) is 9.59 Å². The summed E-state index contributed by atoms with van der Waals surface area (Å²) in [6.45, 7) is 2.43. The van der Waals surface area contributed by atoms with Crippen LogP contribution in [0.4, 0.5) is 5.69 Å². The number of rotatable bonds is 5. The first-order chi connectivity index (χ1) is 10.0. The highest BCUT2D eigenvalue weighted by Gasteiger charge is 2.20. The van der Waals surface area contributed by atoms with E-state index in [1.54, 1.807) is 43.4 Å². The quantitative estimate of drug-likeness (QED) is 0.856. The summed E-state index contributed by atoms with van der Waals surface area (Å²) in [7, 11) is 3.51. The number of hydrogen-bond donors (Lipinski definition) is 2. The van der Waals surface area contributed by atoms with Crippen molar-refractivity contribution in [1.82, 2.24) is 19.7 Å². The van der Waals surface area contributed by atoms with Crippen LogP contribution in [0, 0.1) is 0 Å². The molecule has 8 heteroatoms. The highest BCUT2D eigenvalue weighted by molar-refractivity contribution is 5.95. The summed E-state index contributed by atoms with van der Waals surface area (Å²) in [4.78, 5) is 23.9. The Balaban J connectivity index is 0.00000242. The van der Waals surface area contributed by atoms with Gasteiger partial charge in [-0.3, -0.25) is 14.3 Å². The number of aromatic nitrogens is 3. The molecule has 120 valence electrons. The molecule has 0 saturated heterocycles. The van der Waals surface area contributed by atoms with Crippen molar-refractivity contribution in [3.8, 4) is 0 Å². The molecule has 0 aliphatic rings. The number of pyridine rings is 1. The molecule has 2 N–H and O–H groups in total. The molecule has 0 aliphatic heterocycles. The zero-order valence-electron chi connectivity index (χ0n) is 12.7. The molecular formula is C14H20ClN5O2. The molecule has 1 unspecified atom stereocenters. The Hall–Kier alpha value is -2.12. The van der Waals surface area contributed by atoms with Crippen LogP contribution in [0.25, 0.3) is 0 Å². The van der Waals surface area contributed by atoms with Crippen LogP contribution in [0.1, 0.15) is 18.5 Å². The number of hydrogen-bond acceptors (Lipinski definition) is 4. The molecule has 0 fully saturated rings. The van der Waals surface area contributed by atoms with E-state index in [2.05, 4.69) is 15.7 Å². The zero-order valence-corrected chi connectivity index (χ0v) is 13.6. The van der Waals surface area contributed by atoms with Gasteiger partial charge in [-0.1, -0.05) is 0 Å². The van der Waals surface area contributed by atoms with Crippen LogP contribution in [0.3, 0.4) is 0 Å². The van der Waals surface area contributed by atoms with Gasteiger partial charge in [0.2, 0.25) is 5.91 Å². The third kappa shape index (κ3) is 3.96. The molecule has 7 nitrogen and oxygen atoms in total. The number of halogens is 1. The predicted molar refractivity (Wildman–Crippen MR) is 87.3 cm³/mol. The number of amides is 1. The van der Waals surface area contributed by atoms with Crippen LogP contribution in [0.5, 0.6) is 0 Å². The SMILES string of the molecule is CCn1cc(NC(=O)C(NC)c2cnn(C)c2)ccc1=O.Cl. The van der Waals surface area contributed by atoms with Crippen molar-refractivity contribution in [3.63, 3.8) is 0 Å². The van der Waals surface area contributed by atoms with E-state index >= 15 is 0 Å². The van der Waals surface area contributed by atoms with Gasteiger partial charge in [-0.15, -0.1) is 12.4 Å². The minimum absolute atomic E-state index is 0. The smallest absolute Gasteiger partial charge is 0.250 e. The van der Waals surface area contributed by atoms with Crippen LogP contribution in [0.2, 0.25) is 0 Å². The lowest BCUT2D eigenvalue weighted by Gasteiger charge is -2.15. The van der Waals surface area contributed by atoms with Crippen LogP contribution in [-0.4, -0.2) is 27.3 Å². The third-order valence-corrected chi connectivity index (χ3v) is 3.20. The Morgan fingerprint density at radius 1 is 1.36 bits per heavy atom. The van der Waals surface area contributed by atoms with Crippen LogP contribution >= 0.6 is 12.4 Å². The van der Waals surface area contributed by atoms with Crippen LogP contribution in [-0.2, 0) is 18.4 Å². The van der Waals surface area contributed by atoms with Gasteiger partial charge >= 0.3 is 0 Å². The highest BCUT2D eigenvalue weighted by atomic mass is 35.5. The molecule has 2 rings (SSSR count). The number of carbonyl (C=O) groups excluding carboxylic acids is 1. The molecule has 0 saturated carbocycles. The molecule has 2 aromatic heterocycles. The van der Waals surface area contributed by atoms with Gasteiger partial charge in [0.1, 0.15) is 6.04 Å². The largest absolute Gasteiger partial charge is 0.323 e. The first-order valence-corrected chi connectivity index (χ1v) is 6.72. The summed E-state index contributed by atoms with van der Waals surface area (Å²) in [5.41, 5.74) is 1.28. The lowest BCUT2D eigenvalue weighted by molar-refractivity contribution is -0.118. The minimum Gasteiger partial charge on any atom is -0.323 e. The van der Waals surface area contributed by atoms with E-state index in [-0.39, 0.29) is 23.9 Å². The maximum Gasteiger partial charge on any atom is 0.250 e. The Morgan fingerprint density at radius 3 is 2.64 bits per heavy atom. The van der Waals surface area contributed by atoms with Gasteiger partial charge in [0, 0.05) is 37.6 Å². The van der Waals surface area contributed by atoms with E-state index in [4.69, 9.17) is 0 Å². The van der Waals surface area contributed by atoms with Crippen molar-refractivity contribution in [1.29, 1.82) is 0 Å². The summed E-state index contributed by atoms with van der Waals surface area (Å²) in [6, 6.07) is 2.54. The van der Waals surface area contributed by atoms with Crippen molar-refractivity contribution in [2.75, 3.05) is 12.4 Å². The van der Waals surface area contributed by atoms with E-state index in [0.717, 1.165) is 5.56 Å². The van der Waals surface area contributed by atoms with Crippen molar-refractivity contribution >= 4 is 24.0 Å². The number of carbonyl (C=O) groups is 1. The standard InChI is InChI=1S/C14H19N5O2.ClH/c1-4-19-9-11(5-6-12(19)20)17-14(21)13(15-2)10-7-16-18(3)8-10;/h5-9,13,15H,4H2,1-3H3,(H,17,21);1H. The summed E-state index contributed by atoms with van der Waals surface area (Å²) < 4.78 is 3.18. The number of likely N-dealkylation sites (N-methyl/N-ethyl adjacent to an activating group) is 1. The number of nitrogens with zero attached hydrogens (tertiary/aromatic N) is 3. The van der Waals surface area contributed by atoms with Gasteiger partial charge in [-0.2, -0.15) is 5.10 Å². The Kier molecular flexibility index (Phi) is 6.33. The first kappa shape index (κ1) is 17.9. The van der Waals surface area contributed by atoms with E-state index in [0.29, 0.717) is 12.2 Å². The van der Waals surface area contributed by atoms with Crippen molar-refractivity contribution in [3.05, 3.63) is 46.6 Å². The zero-order chi connectivity index (χ0) is 15.4. The van der Waals surface area contributed by atoms with Gasteiger partial charge in [0.05, 0.1) is 11.9 Å². The van der Waals surface area contributed by atoms with Gasteiger partial charge in [0.15, 0.2) is 0 Å². The lowest BCUT2D eigenvalue weighted by Crippen LogP contribution is -2.31. The fourth-order valence-corrected chi connectivity index (χ4v) is 2.11. The van der Waals surface area contributed by atoms with Gasteiger partial charge in [-0.05, 0) is 20.0 Å². The van der Waals surface area contributed by atoms with Crippen molar-refractivity contribution < 1.29 is 4.79 Å². The summed E-state index contributed by atoms with van der Waals surface area (Å²) in [6.07, 6.45) is 5.07. The van der Waals surface area contributed by atoms with E-state index in [1.807, 2.05) is 6.92 Å². The normalized spacial score (nSPS) is 11.6. The summed E-state index contributed by atoms with van der Waals surface area (Å²) in [5.74, 6) is -0.202. The monoisotopic (exact) mass is 325 g/mol. The Bertz CT molecular complexity index is 695. The minimum atomic E-state index is -0.499. The number of aryl methyl sites for hydroxylation is 2. The number of anilines is 1. The van der Waals surface area contributed by atoms with Gasteiger partial charge in [-0.25, -0.2) is 0 Å². The van der Waals surface area contributed by atoms with Crippen molar-refractivity contribution in [2.45, 2.75) is 19.5 Å². The second-order valence-corrected chi connectivity index (χ2v) is 4.70. The molecule has 0 aliphatic carbocycles. The average molecular weight is 326 g/mol. The molecule has 0 aromatic carbocycles. The average Bonchev–Trinajstić information content (AvgIpc) is 2.88. The fourth-order valence-electron chi connectivity index (χ4n) is 2.11. The Morgan fingerprint density at radius 2 is 2.09 bits per heavy atom. The summed E-state index contributed by atoms with van der Waals surface area (Å²) in [5, 5.41) is 9.83. The topological polar surface area (TPSA) is 81.0 Å². The van der Waals surface area contributed by atoms with Crippen molar-refractivity contribution in [2.24, 2.45) is 7.05 Å². The molecule has 0 spiro atoms. The molecule has 22 heavy (non-hydrogen) atoms. The molecule has 0 bridgehead atoms. The fraction of sp³-hybridized carbons (Fsp3) is 0.357. The molecule has 2 aromatic rings. The highest BCUT2D eigenvalue weighted by Crippen LogP contribution is 2.14. The molecular weight excluding hydrogens is 306 g/mol. The molecule has 1 atom stereocenters. The second kappa shape index (κ2) is 7.77. The molecule has 2 heterocycles. The van der Waals surface area contributed by atoms with Gasteiger partial charge in [0.25, 0.3) is 5.56 Å². The third-order valence-electron chi connectivity index (χ3n) is 3.20. The van der Waals surface area contributed by atoms with E-state index in [1.165, 1.54) is 10.6 Å². The maximum absolute atomic E-state index is 12.3. The van der Waals surface area contributed by atoms with E-state index < -0.39 is 6.04 Å². The lowest BCUT2D eigenvalue weighted by atomic mass is 10.1. The molecule has 1 amide bonds. The van der Waals surface area contributed by atoms with Crippen LogP contribution < -0.4 is 16.2 Å². The first-order valence-electron chi connectivity index (χ1n) is 6.72. The Labute approximate surface area is 134 Å². The molecule has 0 radical (unpaired) electrons. The number of nitrogens with one attached hydrogen (secondary N) is 2. The predicted octanol–water partition coefficient (Wildman–Crippen LogP) is 0.923. The maximum atomic E-state index is 12.3.